The molecular weight excluding hydrogens is 334 g/mol. The number of hydrogen-bond acceptors (Lipinski definition) is 2. The van der Waals surface area contributed by atoms with Crippen molar-refractivity contribution in [2.75, 3.05) is 5.32 Å². The molecule has 0 radical (unpaired) electrons. The van der Waals surface area contributed by atoms with Gasteiger partial charge in [-0.1, -0.05) is 75.3 Å². The summed E-state index contributed by atoms with van der Waals surface area (Å²) in [7, 11) is 0. The lowest BCUT2D eigenvalue weighted by atomic mass is 9.78. The van der Waals surface area contributed by atoms with Gasteiger partial charge in [-0.15, -0.1) is 0 Å². The molecule has 1 aliphatic heterocycles. The van der Waals surface area contributed by atoms with Gasteiger partial charge in [-0.3, -0.25) is 4.79 Å². The number of carbonyl (C=O) groups excluding carboxylic acids is 1. The Kier molecular flexibility index (Phi) is 5.77. The van der Waals surface area contributed by atoms with Crippen LogP contribution in [-0.4, -0.2) is 18.1 Å². The van der Waals surface area contributed by atoms with E-state index in [1.54, 1.807) is 0 Å². The van der Waals surface area contributed by atoms with Gasteiger partial charge in [-0.05, 0) is 48.1 Å². The van der Waals surface area contributed by atoms with Crippen LogP contribution in [-0.2, 0) is 9.53 Å². The predicted molar refractivity (Wildman–Crippen MR) is 111 cm³/mol. The largest absolute Gasteiger partial charge is 0.365 e. The van der Waals surface area contributed by atoms with E-state index in [0.29, 0.717) is 11.8 Å². The van der Waals surface area contributed by atoms with Gasteiger partial charge in [0, 0.05) is 5.69 Å². The molecule has 2 aromatic rings. The molecule has 1 amide bonds. The first-order chi connectivity index (χ1) is 13.2. The number of nitrogens with one attached hydrogen (secondary N) is 1. The maximum absolute atomic E-state index is 13.1. The minimum Gasteiger partial charge on any atom is -0.365 e. The third kappa shape index (κ3) is 4.35. The molecule has 3 atom stereocenters. The SMILES string of the molecule is CC1CC(C2CCCCCCC2)C(C(=O)Nc2ccc3ccccc3c2)O1. The van der Waals surface area contributed by atoms with Crippen molar-refractivity contribution in [3.63, 3.8) is 0 Å². The van der Waals surface area contributed by atoms with Crippen molar-refractivity contribution < 1.29 is 9.53 Å². The number of ether oxygens (including phenoxy) is 1. The van der Waals surface area contributed by atoms with Gasteiger partial charge in [0.25, 0.3) is 5.91 Å². The average molecular weight is 366 g/mol. The van der Waals surface area contributed by atoms with Gasteiger partial charge in [0.1, 0.15) is 6.10 Å². The summed E-state index contributed by atoms with van der Waals surface area (Å²) < 4.78 is 6.11. The first kappa shape index (κ1) is 18.5. The van der Waals surface area contributed by atoms with Crippen molar-refractivity contribution in [3.05, 3.63) is 42.5 Å². The smallest absolute Gasteiger partial charge is 0.253 e. The summed E-state index contributed by atoms with van der Waals surface area (Å²) in [6.07, 6.45) is 10.0. The van der Waals surface area contributed by atoms with Crippen LogP contribution in [0.3, 0.4) is 0 Å². The Hall–Kier alpha value is -1.87. The van der Waals surface area contributed by atoms with Gasteiger partial charge >= 0.3 is 0 Å². The molecule has 1 aliphatic carbocycles. The van der Waals surface area contributed by atoms with E-state index in [1.807, 2.05) is 18.2 Å². The Labute approximate surface area is 162 Å². The lowest BCUT2D eigenvalue weighted by Crippen LogP contribution is -2.36. The molecule has 1 N–H and O–H groups in total. The highest BCUT2D eigenvalue weighted by Gasteiger charge is 2.41. The molecule has 1 heterocycles. The van der Waals surface area contributed by atoms with Gasteiger partial charge in [-0.2, -0.15) is 0 Å². The Balaban J connectivity index is 1.48. The molecule has 0 bridgehead atoms. The van der Waals surface area contributed by atoms with Crippen LogP contribution in [0.25, 0.3) is 10.8 Å². The standard InChI is InChI=1S/C24H31NO2/c1-17-15-22(19-10-5-3-2-4-6-11-19)23(27-17)24(26)25-21-14-13-18-9-7-8-12-20(18)16-21/h7-9,12-14,16-17,19,22-23H,2-6,10-11,15H2,1H3,(H,25,26). The van der Waals surface area contributed by atoms with Gasteiger partial charge in [0.2, 0.25) is 0 Å². The van der Waals surface area contributed by atoms with Crippen LogP contribution < -0.4 is 5.32 Å². The maximum atomic E-state index is 13.1. The van der Waals surface area contributed by atoms with Crippen LogP contribution >= 0.6 is 0 Å². The van der Waals surface area contributed by atoms with Crippen LogP contribution in [0.4, 0.5) is 5.69 Å². The number of carbonyl (C=O) groups is 1. The molecule has 2 aliphatic rings. The molecular formula is C24H31NO2. The monoisotopic (exact) mass is 365 g/mol. The molecule has 2 fully saturated rings. The molecule has 1 saturated heterocycles. The van der Waals surface area contributed by atoms with E-state index in [9.17, 15) is 4.79 Å². The number of benzene rings is 2. The van der Waals surface area contributed by atoms with Crippen molar-refractivity contribution in [1.82, 2.24) is 0 Å². The first-order valence-electron chi connectivity index (χ1n) is 10.7. The second-order valence-corrected chi connectivity index (χ2v) is 8.42. The van der Waals surface area contributed by atoms with Gasteiger partial charge < -0.3 is 10.1 Å². The fraction of sp³-hybridized carbons (Fsp3) is 0.542. The Morgan fingerprint density at radius 3 is 2.44 bits per heavy atom. The van der Waals surface area contributed by atoms with Crippen LogP contribution in [0.15, 0.2) is 42.5 Å². The molecule has 27 heavy (non-hydrogen) atoms. The third-order valence-corrected chi connectivity index (χ3v) is 6.40. The van der Waals surface area contributed by atoms with Crippen LogP contribution in [0, 0.1) is 11.8 Å². The van der Waals surface area contributed by atoms with Crippen molar-refractivity contribution in [1.29, 1.82) is 0 Å². The highest BCUT2D eigenvalue weighted by Crippen LogP contribution is 2.39. The minimum atomic E-state index is -0.309. The van der Waals surface area contributed by atoms with Gasteiger partial charge in [0.05, 0.1) is 6.10 Å². The zero-order valence-electron chi connectivity index (χ0n) is 16.3. The number of rotatable bonds is 3. The zero-order chi connectivity index (χ0) is 18.6. The van der Waals surface area contributed by atoms with Crippen LogP contribution in [0.2, 0.25) is 0 Å². The summed E-state index contributed by atoms with van der Waals surface area (Å²) in [6.45, 7) is 2.11. The summed E-state index contributed by atoms with van der Waals surface area (Å²) in [5.41, 5.74) is 0.860. The third-order valence-electron chi connectivity index (χ3n) is 6.40. The average Bonchev–Trinajstić information content (AvgIpc) is 3.03. The Morgan fingerprint density at radius 2 is 1.67 bits per heavy atom. The van der Waals surface area contributed by atoms with E-state index in [2.05, 4.69) is 36.5 Å². The summed E-state index contributed by atoms with van der Waals surface area (Å²) in [5.74, 6) is 1.02. The highest BCUT2D eigenvalue weighted by molar-refractivity contribution is 5.97. The van der Waals surface area contributed by atoms with E-state index in [-0.39, 0.29) is 18.1 Å². The lowest BCUT2D eigenvalue weighted by molar-refractivity contribution is -0.128. The van der Waals surface area contributed by atoms with E-state index in [4.69, 9.17) is 4.74 Å². The number of fused-ring (bicyclic) bond motifs is 1. The molecule has 1 saturated carbocycles. The van der Waals surface area contributed by atoms with Gasteiger partial charge in [0.15, 0.2) is 0 Å². The fourth-order valence-corrected chi connectivity index (χ4v) is 5.01. The van der Waals surface area contributed by atoms with E-state index < -0.39 is 0 Å². The highest BCUT2D eigenvalue weighted by atomic mass is 16.5. The minimum absolute atomic E-state index is 0.0293. The summed E-state index contributed by atoms with van der Waals surface area (Å²) in [4.78, 5) is 13.1. The number of hydrogen-bond donors (Lipinski definition) is 1. The summed E-state index contributed by atoms with van der Waals surface area (Å²) in [6, 6.07) is 14.3. The summed E-state index contributed by atoms with van der Waals surface area (Å²) >= 11 is 0. The van der Waals surface area contributed by atoms with Gasteiger partial charge in [-0.25, -0.2) is 0 Å². The lowest BCUT2D eigenvalue weighted by Gasteiger charge is -2.28. The molecule has 3 heteroatoms. The second-order valence-electron chi connectivity index (χ2n) is 8.42. The number of anilines is 1. The summed E-state index contributed by atoms with van der Waals surface area (Å²) in [5, 5.41) is 5.46. The molecule has 4 rings (SSSR count). The first-order valence-corrected chi connectivity index (χ1v) is 10.7. The molecule has 0 spiro atoms. The topological polar surface area (TPSA) is 38.3 Å². The van der Waals surface area contributed by atoms with Crippen LogP contribution in [0.1, 0.15) is 58.3 Å². The van der Waals surface area contributed by atoms with Crippen molar-refractivity contribution in [3.8, 4) is 0 Å². The Bertz CT molecular complexity index is 779. The molecule has 3 unspecified atom stereocenters. The number of amides is 1. The molecule has 144 valence electrons. The van der Waals surface area contributed by atoms with Crippen molar-refractivity contribution >= 4 is 22.4 Å². The predicted octanol–water partition coefficient (Wildman–Crippen LogP) is 5.93. The zero-order valence-corrected chi connectivity index (χ0v) is 16.3. The van der Waals surface area contributed by atoms with Crippen molar-refractivity contribution in [2.45, 2.75) is 70.5 Å². The van der Waals surface area contributed by atoms with E-state index in [1.165, 1.54) is 50.3 Å². The van der Waals surface area contributed by atoms with E-state index in [0.717, 1.165) is 17.5 Å². The molecule has 0 aromatic heterocycles. The van der Waals surface area contributed by atoms with Crippen LogP contribution in [0.5, 0.6) is 0 Å². The maximum Gasteiger partial charge on any atom is 0.253 e. The Morgan fingerprint density at radius 1 is 0.963 bits per heavy atom. The quantitative estimate of drug-likeness (QED) is 0.732. The normalized spacial score (nSPS) is 27.2. The molecule has 3 nitrogen and oxygen atoms in total. The molecule has 2 aromatic carbocycles. The fourth-order valence-electron chi connectivity index (χ4n) is 5.01. The second kappa shape index (κ2) is 8.43. The van der Waals surface area contributed by atoms with Crippen molar-refractivity contribution in [2.24, 2.45) is 11.8 Å². The van der Waals surface area contributed by atoms with E-state index >= 15 is 0 Å².